The third-order valence-corrected chi connectivity index (χ3v) is 21.2. The quantitative estimate of drug-likeness (QED) is 0.130. The molecule has 3 aromatic rings. The molecule has 306 valence electrons. The summed E-state index contributed by atoms with van der Waals surface area (Å²) in [5.41, 5.74) is -0.211. The van der Waals surface area contributed by atoms with Crippen molar-refractivity contribution in [1.82, 2.24) is 10.2 Å². The average Bonchev–Trinajstić information content (AvgIpc) is 3.50. The molecule has 2 aliphatic rings. The van der Waals surface area contributed by atoms with E-state index in [1.807, 2.05) is 78.9 Å². The van der Waals surface area contributed by atoms with Crippen molar-refractivity contribution in [2.45, 2.75) is 127 Å². The fraction of sp³-hybridized carbons (Fsp3) is 0.535. The van der Waals surface area contributed by atoms with Gasteiger partial charge in [0, 0.05) is 6.42 Å². The van der Waals surface area contributed by atoms with E-state index in [4.69, 9.17) is 27.8 Å². The van der Waals surface area contributed by atoms with Gasteiger partial charge in [0.15, 0.2) is 28.5 Å². The summed E-state index contributed by atoms with van der Waals surface area (Å²) in [6.45, 7) is 22.6. The first-order valence-electron chi connectivity index (χ1n) is 19.3. The Kier molecular flexibility index (Phi) is 12.4. The van der Waals surface area contributed by atoms with E-state index in [0.29, 0.717) is 11.5 Å². The zero-order valence-electron chi connectivity index (χ0n) is 35.4. The fourth-order valence-electron chi connectivity index (χ4n) is 6.77. The van der Waals surface area contributed by atoms with Crippen LogP contribution in [0.2, 0.25) is 36.3 Å². The minimum atomic E-state index is -2.65. The highest BCUT2D eigenvalue weighted by molar-refractivity contribution is 6.75. The van der Waals surface area contributed by atoms with Crippen LogP contribution >= 0.6 is 0 Å². The highest BCUT2D eigenvalue weighted by Gasteiger charge is 2.61. The normalized spacial score (nSPS) is 23.9. The molecule has 0 saturated carbocycles. The predicted octanol–water partition coefficient (Wildman–Crippen LogP) is 8.17. The maximum Gasteiger partial charge on any atom is 0.328 e. The van der Waals surface area contributed by atoms with Gasteiger partial charge in [0.1, 0.15) is 29.4 Å². The van der Waals surface area contributed by atoms with E-state index in [0.717, 1.165) is 16.7 Å². The predicted molar refractivity (Wildman–Crippen MR) is 222 cm³/mol. The Labute approximate surface area is 335 Å². The molecule has 0 spiro atoms. The van der Waals surface area contributed by atoms with Gasteiger partial charge in [0.05, 0.1) is 26.9 Å². The topological polar surface area (TPSA) is 125 Å². The minimum Gasteiger partial charge on any atom is -0.497 e. The van der Waals surface area contributed by atoms with Crippen LogP contribution in [0.1, 0.15) is 71.6 Å². The van der Waals surface area contributed by atoms with Crippen molar-refractivity contribution in [3.63, 3.8) is 0 Å². The monoisotopic (exact) mass is 806 g/mol. The standard InChI is InChI=1S/C43H62N2O9Si2/c1-40(2,3)55(10,11)53-38-42(7,54-56(12,13)41(4,5)6)37(47)44-39(48)45(38)36-27-34(46)35(52-36)28-51-43(29-17-15-14-16-18-29,30-19-23-32(49-8)24-20-30)31-21-25-33(50-9)26-22-31/h14-26,34-36,38,46H,27-28H2,1-13H3,(H,44,47,48)/t34-,35+,36+,38-,42-/m0/s1. The molecule has 2 aliphatic heterocycles. The molecule has 0 bridgehead atoms. The number of methoxy groups -OCH3 is 2. The molecule has 56 heavy (non-hydrogen) atoms. The minimum absolute atomic E-state index is 0.0511. The Morgan fingerprint density at radius 2 is 1.27 bits per heavy atom. The van der Waals surface area contributed by atoms with Gasteiger partial charge >= 0.3 is 6.03 Å². The molecule has 0 unspecified atom stereocenters. The van der Waals surface area contributed by atoms with Gasteiger partial charge in [0.25, 0.3) is 5.91 Å². The summed E-state index contributed by atoms with van der Waals surface area (Å²) >= 11 is 0. The number of ether oxygens (including phenoxy) is 4. The van der Waals surface area contributed by atoms with Gasteiger partial charge in [-0.15, -0.1) is 0 Å². The number of urea groups is 1. The van der Waals surface area contributed by atoms with Crippen LogP contribution in [-0.2, 0) is 28.7 Å². The first-order valence-corrected chi connectivity index (χ1v) is 25.2. The summed E-state index contributed by atoms with van der Waals surface area (Å²) in [7, 11) is -2.03. The average molecular weight is 807 g/mol. The van der Waals surface area contributed by atoms with Gasteiger partial charge in [-0.25, -0.2) is 4.79 Å². The van der Waals surface area contributed by atoms with Gasteiger partial charge in [-0.3, -0.25) is 15.0 Å². The molecule has 5 atom stereocenters. The lowest BCUT2D eigenvalue weighted by atomic mass is 9.80. The summed E-state index contributed by atoms with van der Waals surface area (Å²) < 4.78 is 38.7. The second-order valence-corrected chi connectivity index (χ2v) is 27.6. The van der Waals surface area contributed by atoms with Crippen molar-refractivity contribution in [2.75, 3.05) is 20.8 Å². The van der Waals surface area contributed by atoms with E-state index < -0.39 is 64.4 Å². The molecule has 5 rings (SSSR count). The van der Waals surface area contributed by atoms with Crippen molar-refractivity contribution in [3.8, 4) is 11.5 Å². The first kappa shape index (κ1) is 43.6. The lowest BCUT2D eigenvalue weighted by molar-refractivity contribution is -0.187. The molecule has 0 radical (unpaired) electrons. The molecule has 2 heterocycles. The van der Waals surface area contributed by atoms with Gasteiger partial charge in [-0.2, -0.15) is 0 Å². The van der Waals surface area contributed by atoms with Crippen molar-refractivity contribution in [1.29, 1.82) is 0 Å². The highest BCUT2D eigenvalue weighted by atomic mass is 28.4. The van der Waals surface area contributed by atoms with Crippen molar-refractivity contribution < 1.29 is 42.5 Å². The second kappa shape index (κ2) is 16.0. The molecule has 0 aromatic heterocycles. The number of hydrogen-bond donors (Lipinski definition) is 2. The van der Waals surface area contributed by atoms with Gasteiger partial charge in [-0.05, 0) is 84.1 Å². The van der Waals surface area contributed by atoms with Crippen LogP contribution in [0.4, 0.5) is 4.79 Å². The van der Waals surface area contributed by atoms with Gasteiger partial charge in [0.2, 0.25) is 0 Å². The van der Waals surface area contributed by atoms with Gasteiger partial charge in [-0.1, -0.05) is 96.1 Å². The number of hydrogen-bond acceptors (Lipinski definition) is 9. The Bertz CT molecular complexity index is 1780. The molecule has 13 heteroatoms. The molecule has 2 saturated heterocycles. The third kappa shape index (κ3) is 8.36. The zero-order chi connectivity index (χ0) is 41.5. The Morgan fingerprint density at radius 1 is 0.786 bits per heavy atom. The maximum absolute atomic E-state index is 14.0. The molecule has 2 fully saturated rings. The van der Waals surface area contributed by atoms with Crippen LogP contribution in [0.3, 0.4) is 0 Å². The first-order chi connectivity index (χ1) is 26.0. The van der Waals surface area contributed by atoms with Crippen LogP contribution in [0.15, 0.2) is 78.9 Å². The summed E-state index contributed by atoms with van der Waals surface area (Å²) in [6.07, 6.45) is -3.90. The molecular weight excluding hydrogens is 745 g/mol. The van der Waals surface area contributed by atoms with Crippen molar-refractivity contribution >= 4 is 28.6 Å². The van der Waals surface area contributed by atoms with Crippen molar-refractivity contribution in [3.05, 3.63) is 95.6 Å². The summed E-state index contributed by atoms with van der Waals surface area (Å²) in [6, 6.07) is 24.6. The number of carbonyl (C=O) groups excluding carboxylic acids is 2. The Balaban J connectivity index is 1.55. The van der Waals surface area contributed by atoms with Crippen LogP contribution < -0.4 is 14.8 Å². The SMILES string of the molecule is COc1ccc(C(OC[C@H]2O[C@@H](N3C(=O)NC(=O)[C@](C)(O[Si](C)(C)C(C)(C)C)[C@@H]3O[Si](C)(C)C(C)(C)C)C[C@@H]2O)(c2ccccc2)c2ccc(OC)cc2)cc1. The van der Waals surface area contributed by atoms with Crippen molar-refractivity contribution in [2.24, 2.45) is 0 Å². The summed E-state index contributed by atoms with van der Waals surface area (Å²) in [4.78, 5) is 29.5. The molecule has 11 nitrogen and oxygen atoms in total. The van der Waals surface area contributed by atoms with Crippen LogP contribution in [0.25, 0.3) is 0 Å². The molecule has 2 N–H and O–H groups in total. The van der Waals surface area contributed by atoms with Gasteiger partial charge < -0.3 is 32.9 Å². The number of amides is 3. The molecule has 3 aromatic carbocycles. The fourth-order valence-corrected chi connectivity index (χ4v) is 9.58. The summed E-state index contributed by atoms with van der Waals surface area (Å²) in [5, 5.41) is 13.8. The van der Waals surface area contributed by atoms with Crippen LogP contribution in [-0.4, -0.2) is 89.7 Å². The maximum atomic E-state index is 14.0. The Morgan fingerprint density at radius 3 is 1.73 bits per heavy atom. The number of nitrogens with one attached hydrogen (secondary N) is 1. The van der Waals surface area contributed by atoms with E-state index in [2.05, 4.69) is 73.0 Å². The number of rotatable bonds is 13. The number of benzene rings is 3. The summed E-state index contributed by atoms with van der Waals surface area (Å²) in [5.74, 6) is 0.831. The number of nitrogens with zero attached hydrogens (tertiary/aromatic N) is 1. The molecular formula is C43H62N2O9Si2. The van der Waals surface area contributed by atoms with E-state index in [-0.39, 0.29) is 23.1 Å². The number of imide groups is 1. The smallest absolute Gasteiger partial charge is 0.328 e. The third-order valence-electron chi connectivity index (χ3n) is 12.3. The lowest BCUT2D eigenvalue weighted by Gasteiger charge is -2.54. The number of aliphatic hydroxyl groups is 1. The zero-order valence-corrected chi connectivity index (χ0v) is 37.4. The molecule has 3 amide bonds. The van der Waals surface area contributed by atoms with Crippen LogP contribution in [0.5, 0.6) is 11.5 Å². The second-order valence-electron chi connectivity index (χ2n) is 18.1. The molecule has 0 aliphatic carbocycles. The largest absolute Gasteiger partial charge is 0.497 e. The highest BCUT2D eigenvalue weighted by Crippen LogP contribution is 2.47. The number of aliphatic hydroxyl groups excluding tert-OH is 1. The lowest BCUT2D eigenvalue weighted by Crippen LogP contribution is -2.75. The van der Waals surface area contributed by atoms with E-state index in [1.165, 1.54) is 4.90 Å². The van der Waals surface area contributed by atoms with E-state index in [9.17, 15) is 14.7 Å². The van der Waals surface area contributed by atoms with Crippen LogP contribution in [0, 0.1) is 0 Å². The Hall–Kier alpha value is -3.57. The van der Waals surface area contributed by atoms with E-state index in [1.54, 1.807) is 21.1 Å². The number of carbonyl (C=O) groups is 2. The van der Waals surface area contributed by atoms with E-state index >= 15 is 0 Å².